The fourth-order valence-corrected chi connectivity index (χ4v) is 2.72. The molecule has 0 aromatic rings. The first-order chi connectivity index (χ1) is 5.88. The molecule has 1 saturated carbocycles. The van der Waals surface area contributed by atoms with Crippen LogP contribution in [0.2, 0.25) is 0 Å². The second-order valence-electron chi connectivity index (χ2n) is 3.64. The van der Waals surface area contributed by atoms with Crippen LogP contribution in [0.3, 0.4) is 0 Å². The Morgan fingerprint density at radius 2 is 2.25 bits per heavy atom. The van der Waals surface area contributed by atoms with E-state index in [4.69, 9.17) is 0 Å². The minimum absolute atomic E-state index is 0.835. The van der Waals surface area contributed by atoms with Gasteiger partial charge in [0.05, 0.1) is 0 Å². The second kappa shape index (κ2) is 5.87. The van der Waals surface area contributed by atoms with Crippen LogP contribution in [0.15, 0.2) is 0 Å². The third-order valence-electron chi connectivity index (χ3n) is 2.82. The molecule has 1 aliphatic rings. The highest BCUT2D eigenvalue weighted by Crippen LogP contribution is 2.29. The van der Waals surface area contributed by atoms with Crippen molar-refractivity contribution in [3.05, 3.63) is 0 Å². The Labute approximate surface area is 80.7 Å². The van der Waals surface area contributed by atoms with E-state index < -0.39 is 0 Å². The standard InChI is InChI=1S/C10H21NS/c1-3-11-10-6-4-5-9(10)7-8-12-2/h9-11H,3-8H2,1-2H3. The normalized spacial score (nSPS) is 29.5. The van der Waals surface area contributed by atoms with Crippen molar-refractivity contribution in [2.75, 3.05) is 18.6 Å². The molecule has 1 aliphatic carbocycles. The van der Waals surface area contributed by atoms with E-state index in [1.54, 1.807) is 0 Å². The zero-order valence-corrected chi connectivity index (χ0v) is 9.12. The van der Waals surface area contributed by atoms with Gasteiger partial charge in [-0.3, -0.25) is 0 Å². The zero-order chi connectivity index (χ0) is 8.81. The van der Waals surface area contributed by atoms with Gasteiger partial charge in [0.1, 0.15) is 0 Å². The van der Waals surface area contributed by atoms with Crippen molar-refractivity contribution >= 4 is 11.8 Å². The molecule has 0 amide bonds. The Balaban J connectivity index is 2.20. The molecule has 2 heteroatoms. The number of rotatable bonds is 5. The fraction of sp³-hybridized carbons (Fsp3) is 1.00. The summed E-state index contributed by atoms with van der Waals surface area (Å²) in [7, 11) is 0. The summed E-state index contributed by atoms with van der Waals surface area (Å²) in [6.45, 7) is 3.35. The molecule has 0 radical (unpaired) electrons. The van der Waals surface area contributed by atoms with Crippen molar-refractivity contribution in [1.29, 1.82) is 0 Å². The molecule has 1 fully saturated rings. The smallest absolute Gasteiger partial charge is 0.00955 e. The van der Waals surface area contributed by atoms with Crippen LogP contribution in [-0.4, -0.2) is 24.6 Å². The van der Waals surface area contributed by atoms with Gasteiger partial charge in [-0.15, -0.1) is 0 Å². The summed E-state index contributed by atoms with van der Waals surface area (Å²) in [4.78, 5) is 0. The first-order valence-electron chi connectivity index (χ1n) is 5.10. The highest BCUT2D eigenvalue weighted by Gasteiger charge is 2.25. The Morgan fingerprint density at radius 1 is 1.42 bits per heavy atom. The number of hydrogen-bond donors (Lipinski definition) is 1. The van der Waals surface area contributed by atoms with Crippen molar-refractivity contribution in [1.82, 2.24) is 5.32 Å². The van der Waals surface area contributed by atoms with Gasteiger partial charge in [0.2, 0.25) is 0 Å². The van der Waals surface area contributed by atoms with E-state index in [0.29, 0.717) is 0 Å². The lowest BCUT2D eigenvalue weighted by Gasteiger charge is -2.19. The first-order valence-corrected chi connectivity index (χ1v) is 6.50. The fourth-order valence-electron chi connectivity index (χ4n) is 2.18. The zero-order valence-electron chi connectivity index (χ0n) is 8.31. The topological polar surface area (TPSA) is 12.0 Å². The molecule has 0 bridgehead atoms. The second-order valence-corrected chi connectivity index (χ2v) is 4.62. The van der Waals surface area contributed by atoms with Crippen molar-refractivity contribution in [2.45, 2.75) is 38.6 Å². The van der Waals surface area contributed by atoms with Gasteiger partial charge in [-0.2, -0.15) is 11.8 Å². The van der Waals surface area contributed by atoms with Gasteiger partial charge in [0.15, 0.2) is 0 Å². The molecule has 0 heterocycles. The molecule has 12 heavy (non-hydrogen) atoms. The lowest BCUT2D eigenvalue weighted by molar-refractivity contribution is 0.400. The maximum Gasteiger partial charge on any atom is 0.00955 e. The molecule has 72 valence electrons. The van der Waals surface area contributed by atoms with Gasteiger partial charge in [-0.05, 0) is 43.7 Å². The molecule has 0 spiro atoms. The van der Waals surface area contributed by atoms with Crippen LogP contribution in [0.1, 0.15) is 32.6 Å². The van der Waals surface area contributed by atoms with Gasteiger partial charge >= 0.3 is 0 Å². The summed E-state index contributed by atoms with van der Waals surface area (Å²) in [5.41, 5.74) is 0. The van der Waals surface area contributed by atoms with Crippen LogP contribution in [0.4, 0.5) is 0 Å². The molecule has 2 unspecified atom stereocenters. The average Bonchev–Trinajstić information content (AvgIpc) is 2.50. The van der Waals surface area contributed by atoms with Gasteiger partial charge in [-0.1, -0.05) is 13.3 Å². The third-order valence-corrected chi connectivity index (χ3v) is 3.46. The summed E-state index contributed by atoms with van der Waals surface area (Å²) >= 11 is 1.98. The molecule has 0 aromatic heterocycles. The quantitative estimate of drug-likeness (QED) is 0.710. The Hall–Kier alpha value is 0.310. The molecule has 0 aromatic carbocycles. The van der Waals surface area contributed by atoms with E-state index in [0.717, 1.165) is 18.5 Å². The molecule has 1 N–H and O–H groups in total. The maximum atomic E-state index is 3.59. The Bertz CT molecular complexity index is 116. The molecular weight excluding hydrogens is 166 g/mol. The van der Waals surface area contributed by atoms with E-state index in [1.807, 2.05) is 11.8 Å². The lowest BCUT2D eigenvalue weighted by atomic mass is 10.0. The van der Waals surface area contributed by atoms with E-state index in [9.17, 15) is 0 Å². The highest BCUT2D eigenvalue weighted by molar-refractivity contribution is 7.98. The van der Waals surface area contributed by atoms with Crippen molar-refractivity contribution < 1.29 is 0 Å². The molecule has 2 atom stereocenters. The predicted octanol–water partition coefficient (Wildman–Crippen LogP) is 2.52. The number of nitrogens with one attached hydrogen (secondary N) is 1. The van der Waals surface area contributed by atoms with Gasteiger partial charge in [0, 0.05) is 6.04 Å². The van der Waals surface area contributed by atoms with E-state index in [-0.39, 0.29) is 0 Å². The monoisotopic (exact) mass is 187 g/mol. The van der Waals surface area contributed by atoms with Crippen LogP contribution < -0.4 is 5.32 Å². The summed E-state index contributed by atoms with van der Waals surface area (Å²) in [6.07, 6.45) is 7.93. The maximum absolute atomic E-state index is 3.59. The average molecular weight is 187 g/mol. The van der Waals surface area contributed by atoms with Crippen molar-refractivity contribution in [3.8, 4) is 0 Å². The van der Waals surface area contributed by atoms with Crippen molar-refractivity contribution in [2.24, 2.45) is 5.92 Å². The van der Waals surface area contributed by atoms with Gasteiger partial charge in [-0.25, -0.2) is 0 Å². The summed E-state index contributed by atoms with van der Waals surface area (Å²) in [5.74, 6) is 2.31. The number of thioether (sulfide) groups is 1. The molecule has 0 saturated heterocycles. The Kier molecular flexibility index (Phi) is 5.08. The van der Waals surface area contributed by atoms with Crippen LogP contribution in [0.25, 0.3) is 0 Å². The summed E-state index contributed by atoms with van der Waals surface area (Å²) in [6, 6.07) is 0.835. The van der Waals surface area contributed by atoms with Gasteiger partial charge in [0.25, 0.3) is 0 Å². The SMILES string of the molecule is CCNC1CCCC1CCSC. The van der Waals surface area contributed by atoms with Crippen LogP contribution >= 0.6 is 11.8 Å². The summed E-state index contributed by atoms with van der Waals surface area (Å²) in [5, 5.41) is 3.59. The van der Waals surface area contributed by atoms with E-state index in [1.165, 1.54) is 31.4 Å². The number of hydrogen-bond acceptors (Lipinski definition) is 2. The first kappa shape index (κ1) is 10.4. The van der Waals surface area contributed by atoms with Crippen molar-refractivity contribution in [3.63, 3.8) is 0 Å². The van der Waals surface area contributed by atoms with Crippen LogP contribution in [0.5, 0.6) is 0 Å². The van der Waals surface area contributed by atoms with Crippen LogP contribution in [-0.2, 0) is 0 Å². The summed E-state index contributed by atoms with van der Waals surface area (Å²) < 4.78 is 0. The lowest BCUT2D eigenvalue weighted by Crippen LogP contribution is -2.32. The molecular formula is C10H21NS. The predicted molar refractivity (Wildman–Crippen MR) is 57.8 cm³/mol. The van der Waals surface area contributed by atoms with E-state index in [2.05, 4.69) is 18.5 Å². The minimum atomic E-state index is 0.835. The molecule has 1 rings (SSSR count). The minimum Gasteiger partial charge on any atom is -0.314 e. The highest BCUT2D eigenvalue weighted by atomic mass is 32.2. The third kappa shape index (κ3) is 2.98. The molecule has 0 aliphatic heterocycles. The Morgan fingerprint density at radius 3 is 2.92 bits per heavy atom. The van der Waals surface area contributed by atoms with E-state index >= 15 is 0 Å². The largest absolute Gasteiger partial charge is 0.314 e. The molecule has 1 nitrogen and oxygen atoms in total. The van der Waals surface area contributed by atoms with Gasteiger partial charge < -0.3 is 5.32 Å². The van der Waals surface area contributed by atoms with Crippen LogP contribution in [0, 0.1) is 5.92 Å².